The van der Waals surface area contributed by atoms with Crippen molar-refractivity contribution in [1.82, 2.24) is 15.3 Å². The molecule has 0 saturated carbocycles. The zero-order chi connectivity index (χ0) is 17.3. The van der Waals surface area contributed by atoms with Gasteiger partial charge in [-0.2, -0.15) is 0 Å². The highest BCUT2D eigenvalue weighted by atomic mass is 15.0. The molecule has 0 aliphatic carbocycles. The van der Waals surface area contributed by atoms with Crippen LogP contribution in [0.4, 0.5) is 0 Å². The van der Waals surface area contributed by atoms with Crippen molar-refractivity contribution in [2.24, 2.45) is 5.73 Å². The van der Waals surface area contributed by atoms with Crippen molar-refractivity contribution in [3.05, 3.63) is 78.2 Å². The van der Waals surface area contributed by atoms with E-state index in [0.29, 0.717) is 0 Å². The molecule has 4 N–H and O–H groups in total. The Balaban J connectivity index is 1.37. The van der Waals surface area contributed by atoms with E-state index >= 15 is 0 Å². The summed E-state index contributed by atoms with van der Waals surface area (Å²) in [7, 11) is 0. The molecule has 0 unspecified atom stereocenters. The van der Waals surface area contributed by atoms with Crippen molar-refractivity contribution in [2.75, 3.05) is 6.54 Å². The topological polar surface area (TPSA) is 66.7 Å². The number of unbranched alkanes of at least 4 members (excludes halogenated alkanes) is 1. The number of aromatic nitrogens is 2. The van der Waals surface area contributed by atoms with Crippen LogP contribution in [-0.2, 0) is 6.54 Å². The summed E-state index contributed by atoms with van der Waals surface area (Å²) in [6.07, 6.45) is 5.08. The fourth-order valence-electron chi connectivity index (χ4n) is 2.86. The Morgan fingerprint density at radius 2 is 1.68 bits per heavy atom. The molecule has 0 bridgehead atoms. The minimum Gasteiger partial charge on any atom is -0.347 e. The highest BCUT2D eigenvalue weighted by Crippen LogP contribution is 2.20. The number of hydrogen-bond donors (Lipinski definition) is 3. The summed E-state index contributed by atoms with van der Waals surface area (Å²) in [4.78, 5) is 7.86. The molecule has 0 aliphatic rings. The Kier molecular flexibility index (Phi) is 6.37. The van der Waals surface area contributed by atoms with E-state index in [9.17, 15) is 0 Å². The molecule has 1 heterocycles. The first-order valence-corrected chi connectivity index (χ1v) is 8.94. The summed E-state index contributed by atoms with van der Waals surface area (Å²) < 4.78 is 0. The zero-order valence-electron chi connectivity index (χ0n) is 14.5. The van der Waals surface area contributed by atoms with Crippen LogP contribution >= 0.6 is 0 Å². The van der Waals surface area contributed by atoms with Crippen LogP contribution in [0.25, 0.3) is 11.3 Å². The number of imidazole rings is 1. The van der Waals surface area contributed by atoms with Gasteiger partial charge < -0.3 is 16.0 Å². The average molecular weight is 334 g/mol. The first-order chi connectivity index (χ1) is 12.3. The Hall–Kier alpha value is -2.43. The van der Waals surface area contributed by atoms with Crippen molar-refractivity contribution < 1.29 is 0 Å². The second-order valence-electron chi connectivity index (χ2n) is 6.30. The molecule has 1 aromatic heterocycles. The van der Waals surface area contributed by atoms with Gasteiger partial charge >= 0.3 is 0 Å². The van der Waals surface area contributed by atoms with Gasteiger partial charge in [0.25, 0.3) is 0 Å². The summed E-state index contributed by atoms with van der Waals surface area (Å²) in [5, 5.41) is 3.48. The molecule has 3 aromatic rings. The van der Waals surface area contributed by atoms with Crippen LogP contribution < -0.4 is 11.1 Å². The Labute approximate surface area is 149 Å². The quantitative estimate of drug-likeness (QED) is 0.517. The summed E-state index contributed by atoms with van der Waals surface area (Å²) in [5.74, 6) is 0.871. The lowest BCUT2D eigenvalue weighted by molar-refractivity contribution is 0.543. The van der Waals surface area contributed by atoms with E-state index in [1.54, 1.807) is 0 Å². The SMILES string of the molecule is N[C@H](CCCCNCc1ccccc1)c1nc(-c2ccccc2)c[nH]1. The van der Waals surface area contributed by atoms with Gasteiger partial charge in [-0.3, -0.25) is 0 Å². The molecular formula is C21H26N4. The number of aromatic amines is 1. The van der Waals surface area contributed by atoms with Gasteiger partial charge in [0, 0.05) is 18.3 Å². The predicted octanol–water partition coefficient (Wildman–Crippen LogP) is 4.04. The number of nitrogens with zero attached hydrogens (tertiary/aromatic N) is 1. The lowest BCUT2D eigenvalue weighted by Gasteiger charge is -2.09. The molecule has 0 fully saturated rings. The van der Waals surface area contributed by atoms with Crippen molar-refractivity contribution >= 4 is 0 Å². The van der Waals surface area contributed by atoms with Crippen molar-refractivity contribution in [1.29, 1.82) is 0 Å². The van der Waals surface area contributed by atoms with Gasteiger partial charge in [0.15, 0.2) is 0 Å². The van der Waals surface area contributed by atoms with Gasteiger partial charge in [0.05, 0.1) is 11.7 Å². The minimum atomic E-state index is -0.0356. The van der Waals surface area contributed by atoms with E-state index in [-0.39, 0.29) is 6.04 Å². The number of nitrogens with one attached hydrogen (secondary N) is 2. The number of nitrogens with two attached hydrogens (primary N) is 1. The highest BCUT2D eigenvalue weighted by Gasteiger charge is 2.11. The second kappa shape index (κ2) is 9.16. The van der Waals surface area contributed by atoms with Crippen LogP contribution in [0, 0.1) is 0 Å². The van der Waals surface area contributed by atoms with E-state index in [4.69, 9.17) is 5.73 Å². The lowest BCUT2D eigenvalue weighted by Crippen LogP contribution is -2.16. The second-order valence-corrected chi connectivity index (χ2v) is 6.30. The van der Waals surface area contributed by atoms with Crippen molar-refractivity contribution in [3.8, 4) is 11.3 Å². The number of rotatable bonds is 9. The molecule has 2 aromatic carbocycles. The first kappa shape index (κ1) is 17.4. The van der Waals surface area contributed by atoms with E-state index < -0.39 is 0 Å². The fraction of sp³-hybridized carbons (Fsp3) is 0.286. The molecule has 0 amide bonds. The zero-order valence-corrected chi connectivity index (χ0v) is 14.5. The Morgan fingerprint density at radius 3 is 2.44 bits per heavy atom. The number of hydrogen-bond acceptors (Lipinski definition) is 3. The molecule has 0 aliphatic heterocycles. The largest absolute Gasteiger partial charge is 0.347 e. The van der Waals surface area contributed by atoms with Crippen LogP contribution in [0.2, 0.25) is 0 Å². The highest BCUT2D eigenvalue weighted by molar-refractivity contribution is 5.58. The average Bonchev–Trinajstić information content (AvgIpc) is 3.16. The molecular weight excluding hydrogens is 308 g/mol. The molecule has 130 valence electrons. The minimum absolute atomic E-state index is 0.0356. The fourth-order valence-corrected chi connectivity index (χ4v) is 2.86. The van der Waals surface area contributed by atoms with E-state index in [0.717, 1.165) is 49.4 Å². The summed E-state index contributed by atoms with van der Waals surface area (Å²) in [6.45, 7) is 1.93. The normalized spacial score (nSPS) is 12.2. The van der Waals surface area contributed by atoms with Gasteiger partial charge in [-0.25, -0.2) is 4.98 Å². The van der Waals surface area contributed by atoms with Gasteiger partial charge in [-0.1, -0.05) is 67.1 Å². The molecule has 3 rings (SSSR count). The van der Waals surface area contributed by atoms with Crippen molar-refractivity contribution in [3.63, 3.8) is 0 Å². The molecule has 0 saturated heterocycles. The van der Waals surface area contributed by atoms with Crippen LogP contribution in [-0.4, -0.2) is 16.5 Å². The van der Waals surface area contributed by atoms with Crippen LogP contribution in [0.3, 0.4) is 0 Å². The van der Waals surface area contributed by atoms with Crippen molar-refractivity contribution in [2.45, 2.75) is 31.8 Å². The van der Waals surface area contributed by atoms with E-state index in [1.807, 2.05) is 30.5 Å². The lowest BCUT2D eigenvalue weighted by atomic mass is 10.1. The number of benzene rings is 2. The van der Waals surface area contributed by atoms with Gasteiger partial charge in [0.2, 0.25) is 0 Å². The molecule has 25 heavy (non-hydrogen) atoms. The van der Waals surface area contributed by atoms with Crippen LogP contribution in [0.5, 0.6) is 0 Å². The molecule has 1 atom stereocenters. The molecule has 0 radical (unpaired) electrons. The predicted molar refractivity (Wildman–Crippen MR) is 103 cm³/mol. The summed E-state index contributed by atoms with van der Waals surface area (Å²) >= 11 is 0. The Morgan fingerprint density at radius 1 is 0.960 bits per heavy atom. The Bertz CT molecular complexity index is 737. The van der Waals surface area contributed by atoms with Crippen LogP contribution in [0.15, 0.2) is 66.9 Å². The van der Waals surface area contributed by atoms with Gasteiger partial charge in [-0.15, -0.1) is 0 Å². The van der Waals surface area contributed by atoms with Gasteiger partial charge in [-0.05, 0) is 24.9 Å². The maximum absolute atomic E-state index is 6.28. The molecule has 4 heteroatoms. The smallest absolute Gasteiger partial charge is 0.123 e. The molecule has 0 spiro atoms. The first-order valence-electron chi connectivity index (χ1n) is 8.94. The van der Waals surface area contributed by atoms with Gasteiger partial charge in [0.1, 0.15) is 5.82 Å². The molecule has 4 nitrogen and oxygen atoms in total. The van der Waals surface area contributed by atoms with E-state index in [1.165, 1.54) is 5.56 Å². The monoisotopic (exact) mass is 334 g/mol. The third-order valence-electron chi connectivity index (χ3n) is 4.31. The summed E-state index contributed by atoms with van der Waals surface area (Å²) in [5.41, 5.74) is 9.67. The maximum atomic E-state index is 6.28. The third-order valence-corrected chi connectivity index (χ3v) is 4.31. The number of H-pyrrole nitrogens is 1. The van der Waals surface area contributed by atoms with E-state index in [2.05, 4.69) is 51.7 Å². The standard InChI is InChI=1S/C21H26N4/c22-19(13-7-8-14-23-15-17-9-3-1-4-10-17)21-24-16-20(25-21)18-11-5-2-6-12-18/h1-6,9-12,16,19,23H,7-8,13-15,22H2,(H,24,25)/t19-/m1/s1. The van der Waals surface area contributed by atoms with Crippen LogP contribution in [0.1, 0.15) is 36.7 Å². The maximum Gasteiger partial charge on any atom is 0.123 e. The summed E-state index contributed by atoms with van der Waals surface area (Å²) in [6, 6.07) is 20.6. The third kappa shape index (κ3) is 5.28.